The molecule has 1 aromatic carbocycles. The molecule has 0 spiro atoms. The van der Waals surface area contributed by atoms with Gasteiger partial charge in [0.05, 0.1) is 0 Å². The van der Waals surface area contributed by atoms with Crippen LogP contribution in [0.15, 0.2) is 24.3 Å². The Morgan fingerprint density at radius 3 is 2.46 bits per heavy atom. The normalized spacial score (nSPS) is 11.3. The van der Waals surface area contributed by atoms with Gasteiger partial charge in [0.1, 0.15) is 12.4 Å². The Kier molecular flexibility index (Phi) is 2.98. The van der Waals surface area contributed by atoms with Crippen LogP contribution in [0, 0.1) is 0 Å². The van der Waals surface area contributed by atoms with E-state index in [0.717, 1.165) is 6.07 Å². The number of para-hydroxylation sites is 1. The van der Waals surface area contributed by atoms with E-state index in [-0.39, 0.29) is 11.3 Å². The second-order valence-corrected chi connectivity index (χ2v) is 3.26. The van der Waals surface area contributed by atoms with Crippen LogP contribution >= 0.6 is 7.99 Å². The molecule has 2 nitrogen and oxygen atoms in total. The largest absolute Gasteiger partial charge is 0.610 e. The highest BCUT2D eigenvalue weighted by Crippen LogP contribution is 2.50. The Labute approximate surface area is 73.0 Å². The van der Waals surface area contributed by atoms with Crippen molar-refractivity contribution >= 4 is 7.99 Å². The first-order valence-corrected chi connectivity index (χ1v) is 4.76. The number of alkyl halides is 1. The zero-order chi connectivity index (χ0) is 9.90. The number of hydrogen-bond donors (Lipinski definition) is 0. The standard InChI is InChI=1S/C7H6F3O2P/c8-5-6-3-1-2-4-7(6)12-13(9,10)11/h1-4H,5H2. The molecule has 13 heavy (non-hydrogen) atoms. The van der Waals surface area contributed by atoms with Crippen LogP contribution in [0.1, 0.15) is 5.56 Å². The second kappa shape index (κ2) is 3.83. The van der Waals surface area contributed by atoms with Gasteiger partial charge >= 0.3 is 7.99 Å². The van der Waals surface area contributed by atoms with Gasteiger partial charge < -0.3 is 4.52 Å². The minimum Gasteiger partial charge on any atom is -0.397 e. The van der Waals surface area contributed by atoms with Gasteiger partial charge in [0.25, 0.3) is 0 Å². The lowest BCUT2D eigenvalue weighted by atomic mass is 10.2. The van der Waals surface area contributed by atoms with Crippen molar-refractivity contribution in [3.05, 3.63) is 29.8 Å². The van der Waals surface area contributed by atoms with E-state index < -0.39 is 14.7 Å². The fourth-order valence-corrected chi connectivity index (χ4v) is 1.22. The molecule has 0 unspecified atom stereocenters. The first-order chi connectivity index (χ1) is 6.03. The maximum absolute atomic E-state index is 12.1. The van der Waals surface area contributed by atoms with Gasteiger partial charge in [-0.1, -0.05) is 18.2 Å². The smallest absolute Gasteiger partial charge is 0.397 e. The lowest BCUT2D eigenvalue weighted by Gasteiger charge is -2.06. The molecule has 1 rings (SSSR count). The predicted molar refractivity (Wildman–Crippen MR) is 41.7 cm³/mol. The quantitative estimate of drug-likeness (QED) is 0.712. The minimum atomic E-state index is -5.59. The molecule has 6 heteroatoms. The fourth-order valence-electron chi connectivity index (χ4n) is 0.818. The summed E-state index contributed by atoms with van der Waals surface area (Å²) < 4.78 is 49.8. The maximum Gasteiger partial charge on any atom is 0.610 e. The highest BCUT2D eigenvalue weighted by Gasteiger charge is 2.23. The maximum atomic E-state index is 12.1. The van der Waals surface area contributed by atoms with Gasteiger partial charge in [-0.25, -0.2) is 8.96 Å². The third-order valence-electron chi connectivity index (χ3n) is 1.32. The number of halogens is 3. The molecule has 0 heterocycles. The van der Waals surface area contributed by atoms with Crippen molar-refractivity contribution in [3.8, 4) is 5.75 Å². The molecule has 0 saturated heterocycles. The molecule has 1 aromatic rings. The SMILES string of the molecule is O=P(F)(F)Oc1ccccc1CF. The van der Waals surface area contributed by atoms with Gasteiger partial charge in [0.2, 0.25) is 0 Å². The first-order valence-electron chi connectivity index (χ1n) is 3.36. The number of benzene rings is 1. The van der Waals surface area contributed by atoms with Gasteiger partial charge in [-0.05, 0) is 6.07 Å². The lowest BCUT2D eigenvalue weighted by Crippen LogP contribution is -1.88. The third-order valence-corrected chi connectivity index (χ3v) is 1.73. The highest BCUT2D eigenvalue weighted by molar-refractivity contribution is 7.48. The van der Waals surface area contributed by atoms with Crippen molar-refractivity contribution in [2.45, 2.75) is 6.67 Å². The van der Waals surface area contributed by atoms with E-state index in [4.69, 9.17) is 0 Å². The molecule has 0 bridgehead atoms. The van der Waals surface area contributed by atoms with E-state index in [0.29, 0.717) is 0 Å². The van der Waals surface area contributed by atoms with Crippen LogP contribution < -0.4 is 4.52 Å². The average molecular weight is 210 g/mol. The van der Waals surface area contributed by atoms with Crippen LogP contribution in [0.25, 0.3) is 0 Å². The van der Waals surface area contributed by atoms with Crippen molar-refractivity contribution in [1.82, 2.24) is 0 Å². The van der Waals surface area contributed by atoms with E-state index >= 15 is 0 Å². The van der Waals surface area contributed by atoms with Gasteiger partial charge in [-0.2, -0.15) is 0 Å². The minimum absolute atomic E-state index is 0.0435. The molecular formula is C7H6F3O2P. The molecule has 0 saturated carbocycles. The van der Waals surface area contributed by atoms with Crippen molar-refractivity contribution in [1.29, 1.82) is 0 Å². The topological polar surface area (TPSA) is 26.3 Å². The van der Waals surface area contributed by atoms with Crippen LogP contribution in [0.4, 0.5) is 12.8 Å². The molecule has 0 amide bonds. The Morgan fingerprint density at radius 2 is 1.92 bits per heavy atom. The van der Waals surface area contributed by atoms with Gasteiger partial charge in [0, 0.05) is 5.56 Å². The molecule has 0 radical (unpaired) electrons. The van der Waals surface area contributed by atoms with Gasteiger partial charge in [-0.15, -0.1) is 8.39 Å². The van der Waals surface area contributed by atoms with Crippen LogP contribution in [0.5, 0.6) is 5.75 Å². The summed E-state index contributed by atoms with van der Waals surface area (Å²) in [6.45, 7) is -0.934. The van der Waals surface area contributed by atoms with Crippen LogP contribution in [-0.2, 0) is 11.2 Å². The van der Waals surface area contributed by atoms with Crippen molar-refractivity contribution in [3.63, 3.8) is 0 Å². The first kappa shape index (κ1) is 10.1. The average Bonchev–Trinajstić information content (AvgIpc) is 2.02. The highest BCUT2D eigenvalue weighted by atomic mass is 31.2. The Morgan fingerprint density at radius 1 is 1.31 bits per heavy atom. The molecule has 0 N–H and O–H groups in total. The predicted octanol–water partition coefficient (Wildman–Crippen LogP) is 3.58. The summed E-state index contributed by atoms with van der Waals surface area (Å²) in [4.78, 5) is 0. The molecular weight excluding hydrogens is 204 g/mol. The van der Waals surface area contributed by atoms with E-state index in [2.05, 4.69) is 4.52 Å². The van der Waals surface area contributed by atoms with Crippen molar-refractivity contribution in [2.75, 3.05) is 0 Å². The van der Waals surface area contributed by atoms with E-state index in [1.807, 2.05) is 0 Å². The molecule has 0 fully saturated rings. The molecule has 0 aromatic heterocycles. The van der Waals surface area contributed by atoms with Crippen LogP contribution in [-0.4, -0.2) is 0 Å². The van der Waals surface area contributed by atoms with E-state index in [1.165, 1.54) is 18.2 Å². The van der Waals surface area contributed by atoms with E-state index in [9.17, 15) is 17.3 Å². The summed E-state index contributed by atoms with van der Waals surface area (Å²) in [6, 6.07) is 5.29. The Hall–Kier alpha value is -0.960. The monoisotopic (exact) mass is 210 g/mol. The number of hydrogen-bond acceptors (Lipinski definition) is 2. The van der Waals surface area contributed by atoms with Crippen LogP contribution in [0.3, 0.4) is 0 Å². The second-order valence-electron chi connectivity index (χ2n) is 2.25. The molecule has 0 aliphatic rings. The summed E-state index contributed by atoms with van der Waals surface area (Å²) in [7, 11) is -5.59. The molecule has 0 atom stereocenters. The zero-order valence-electron chi connectivity index (χ0n) is 6.41. The van der Waals surface area contributed by atoms with Gasteiger partial charge in [-0.3, -0.25) is 0 Å². The Balaban J connectivity index is 2.94. The third kappa shape index (κ3) is 3.11. The van der Waals surface area contributed by atoms with Crippen molar-refractivity contribution in [2.24, 2.45) is 0 Å². The van der Waals surface area contributed by atoms with E-state index in [1.54, 1.807) is 0 Å². The Bertz CT molecular complexity index is 336. The summed E-state index contributed by atoms with van der Waals surface area (Å²) in [6.07, 6.45) is 0. The lowest BCUT2D eigenvalue weighted by molar-refractivity contribution is 0.377. The van der Waals surface area contributed by atoms with Crippen LogP contribution in [0.2, 0.25) is 0 Å². The number of rotatable bonds is 3. The van der Waals surface area contributed by atoms with Crippen molar-refractivity contribution < 1.29 is 21.9 Å². The zero-order valence-corrected chi connectivity index (χ0v) is 7.31. The summed E-state index contributed by atoms with van der Waals surface area (Å²) in [5, 5.41) is 0. The molecule has 72 valence electrons. The summed E-state index contributed by atoms with van der Waals surface area (Å²) in [5.74, 6) is -0.377. The van der Waals surface area contributed by atoms with Gasteiger partial charge in [0.15, 0.2) is 0 Å². The summed E-state index contributed by atoms with van der Waals surface area (Å²) in [5.41, 5.74) is -0.0435. The summed E-state index contributed by atoms with van der Waals surface area (Å²) >= 11 is 0. The molecule has 0 aliphatic carbocycles. The fraction of sp³-hybridized carbons (Fsp3) is 0.143. The molecule has 0 aliphatic heterocycles.